The van der Waals surface area contributed by atoms with Gasteiger partial charge in [-0.2, -0.15) is 0 Å². The van der Waals surface area contributed by atoms with Crippen LogP contribution < -0.4 is 4.74 Å². The predicted molar refractivity (Wildman–Crippen MR) is 57.6 cm³/mol. The molecule has 1 aromatic carbocycles. The van der Waals surface area contributed by atoms with Crippen LogP contribution in [0.2, 0.25) is 0 Å². The Balaban J connectivity index is 2.20. The SMILES string of the molecule is O=C(O)c1c(F)cccc1OC1CCC(O)C1. The van der Waals surface area contributed by atoms with Gasteiger partial charge in [0.05, 0.1) is 6.10 Å². The first-order valence-electron chi connectivity index (χ1n) is 5.44. The van der Waals surface area contributed by atoms with Gasteiger partial charge in [0.15, 0.2) is 0 Å². The summed E-state index contributed by atoms with van der Waals surface area (Å²) < 4.78 is 18.8. The maximum atomic E-state index is 13.3. The average molecular weight is 240 g/mol. The number of rotatable bonds is 3. The molecule has 0 radical (unpaired) electrons. The maximum Gasteiger partial charge on any atom is 0.342 e. The van der Waals surface area contributed by atoms with Crippen molar-refractivity contribution in [3.8, 4) is 5.75 Å². The lowest BCUT2D eigenvalue weighted by atomic mass is 10.2. The number of ether oxygens (including phenoxy) is 1. The minimum atomic E-state index is -1.35. The van der Waals surface area contributed by atoms with Crippen LogP contribution >= 0.6 is 0 Å². The fraction of sp³-hybridized carbons (Fsp3) is 0.417. The average Bonchev–Trinajstić information content (AvgIpc) is 2.63. The zero-order chi connectivity index (χ0) is 12.4. The molecule has 2 rings (SSSR count). The normalized spacial score (nSPS) is 23.6. The number of aliphatic hydroxyl groups excluding tert-OH is 1. The topological polar surface area (TPSA) is 66.8 Å². The molecule has 17 heavy (non-hydrogen) atoms. The molecule has 0 spiro atoms. The molecule has 1 aromatic rings. The summed E-state index contributed by atoms with van der Waals surface area (Å²) in [6.07, 6.45) is 1.07. The van der Waals surface area contributed by atoms with Crippen LogP contribution in [-0.4, -0.2) is 28.4 Å². The Morgan fingerprint density at radius 2 is 2.18 bits per heavy atom. The second kappa shape index (κ2) is 4.71. The number of benzene rings is 1. The van der Waals surface area contributed by atoms with E-state index < -0.39 is 23.5 Å². The highest BCUT2D eigenvalue weighted by molar-refractivity contribution is 5.91. The summed E-state index contributed by atoms with van der Waals surface area (Å²) in [4.78, 5) is 10.9. The molecule has 4 nitrogen and oxygen atoms in total. The quantitative estimate of drug-likeness (QED) is 0.845. The van der Waals surface area contributed by atoms with E-state index in [9.17, 15) is 14.3 Å². The van der Waals surface area contributed by atoms with E-state index in [-0.39, 0.29) is 11.9 Å². The Kier molecular flexibility index (Phi) is 3.28. The lowest BCUT2D eigenvalue weighted by molar-refractivity contribution is 0.0683. The molecule has 0 aliphatic heterocycles. The van der Waals surface area contributed by atoms with Gasteiger partial charge in [-0.05, 0) is 25.0 Å². The Labute approximate surface area is 97.6 Å². The summed E-state index contributed by atoms with van der Waals surface area (Å²) in [6, 6.07) is 3.92. The fourth-order valence-electron chi connectivity index (χ4n) is 2.01. The highest BCUT2D eigenvalue weighted by Crippen LogP contribution is 2.28. The maximum absolute atomic E-state index is 13.3. The number of hydrogen-bond acceptors (Lipinski definition) is 3. The van der Waals surface area contributed by atoms with Gasteiger partial charge in [0.2, 0.25) is 0 Å². The van der Waals surface area contributed by atoms with Crippen molar-refractivity contribution in [3.05, 3.63) is 29.6 Å². The number of carbonyl (C=O) groups is 1. The molecule has 0 heterocycles. The third-order valence-corrected chi connectivity index (χ3v) is 2.84. The summed E-state index contributed by atoms with van der Waals surface area (Å²) in [7, 11) is 0. The molecule has 92 valence electrons. The molecule has 1 aliphatic carbocycles. The monoisotopic (exact) mass is 240 g/mol. The smallest absolute Gasteiger partial charge is 0.342 e. The zero-order valence-corrected chi connectivity index (χ0v) is 9.10. The van der Waals surface area contributed by atoms with Gasteiger partial charge >= 0.3 is 5.97 Å². The minimum Gasteiger partial charge on any atom is -0.489 e. The molecule has 5 heteroatoms. The van der Waals surface area contributed by atoms with Crippen LogP contribution in [0.4, 0.5) is 4.39 Å². The summed E-state index contributed by atoms with van der Waals surface area (Å²) in [5.41, 5.74) is -0.450. The van der Waals surface area contributed by atoms with Crippen LogP contribution in [-0.2, 0) is 0 Å². The largest absolute Gasteiger partial charge is 0.489 e. The number of carboxylic acid groups (broad SMARTS) is 1. The fourth-order valence-corrected chi connectivity index (χ4v) is 2.01. The number of aliphatic hydroxyl groups is 1. The molecular formula is C12H13FO4. The third-order valence-electron chi connectivity index (χ3n) is 2.84. The van der Waals surface area contributed by atoms with E-state index >= 15 is 0 Å². The molecule has 2 atom stereocenters. The van der Waals surface area contributed by atoms with Crippen molar-refractivity contribution in [2.75, 3.05) is 0 Å². The Morgan fingerprint density at radius 3 is 2.76 bits per heavy atom. The van der Waals surface area contributed by atoms with Crippen LogP contribution in [0, 0.1) is 5.82 Å². The highest BCUT2D eigenvalue weighted by Gasteiger charge is 2.26. The van der Waals surface area contributed by atoms with Crippen molar-refractivity contribution in [1.29, 1.82) is 0 Å². The van der Waals surface area contributed by atoms with Crippen LogP contribution in [0.1, 0.15) is 29.6 Å². The lowest BCUT2D eigenvalue weighted by Crippen LogP contribution is -2.16. The van der Waals surface area contributed by atoms with Gasteiger partial charge in [-0.25, -0.2) is 9.18 Å². The van der Waals surface area contributed by atoms with Gasteiger partial charge in [0.1, 0.15) is 23.2 Å². The van der Waals surface area contributed by atoms with Gasteiger partial charge in [0, 0.05) is 6.42 Å². The number of aromatic carboxylic acids is 1. The van der Waals surface area contributed by atoms with Crippen LogP contribution in [0.25, 0.3) is 0 Å². The zero-order valence-electron chi connectivity index (χ0n) is 9.10. The van der Waals surface area contributed by atoms with Gasteiger partial charge in [0.25, 0.3) is 0 Å². The number of hydrogen-bond donors (Lipinski definition) is 2. The summed E-state index contributed by atoms with van der Waals surface area (Å²) in [6.45, 7) is 0. The second-order valence-electron chi connectivity index (χ2n) is 4.12. The van der Waals surface area contributed by atoms with Gasteiger partial charge < -0.3 is 14.9 Å². The Morgan fingerprint density at radius 1 is 1.41 bits per heavy atom. The lowest BCUT2D eigenvalue weighted by Gasteiger charge is -2.15. The van der Waals surface area contributed by atoms with Crippen LogP contribution in [0.15, 0.2) is 18.2 Å². The predicted octanol–water partition coefficient (Wildman–Crippen LogP) is 1.82. The molecule has 1 fully saturated rings. The van der Waals surface area contributed by atoms with Crippen molar-refractivity contribution in [2.45, 2.75) is 31.5 Å². The van der Waals surface area contributed by atoms with E-state index in [0.29, 0.717) is 19.3 Å². The number of carboxylic acids is 1. The summed E-state index contributed by atoms with van der Waals surface area (Å²) >= 11 is 0. The van der Waals surface area contributed by atoms with E-state index in [0.717, 1.165) is 6.07 Å². The summed E-state index contributed by atoms with van der Waals surface area (Å²) in [5.74, 6) is -2.14. The first-order chi connectivity index (χ1) is 8.08. The van der Waals surface area contributed by atoms with Crippen molar-refractivity contribution in [3.63, 3.8) is 0 Å². The van der Waals surface area contributed by atoms with Crippen molar-refractivity contribution >= 4 is 5.97 Å². The van der Waals surface area contributed by atoms with Crippen LogP contribution in [0.5, 0.6) is 5.75 Å². The molecular weight excluding hydrogens is 227 g/mol. The van der Waals surface area contributed by atoms with Crippen LogP contribution in [0.3, 0.4) is 0 Å². The highest BCUT2D eigenvalue weighted by atomic mass is 19.1. The standard InChI is InChI=1S/C12H13FO4/c13-9-2-1-3-10(11(9)12(15)16)17-8-5-4-7(14)6-8/h1-3,7-8,14H,4-6H2,(H,15,16). The van der Waals surface area contributed by atoms with E-state index in [1.807, 2.05) is 0 Å². The van der Waals surface area contributed by atoms with E-state index in [1.54, 1.807) is 0 Å². The van der Waals surface area contributed by atoms with E-state index in [1.165, 1.54) is 12.1 Å². The van der Waals surface area contributed by atoms with Crippen molar-refractivity contribution < 1.29 is 24.1 Å². The summed E-state index contributed by atoms with van der Waals surface area (Å²) in [5, 5.41) is 18.2. The molecule has 1 saturated carbocycles. The van der Waals surface area contributed by atoms with Gasteiger partial charge in [-0.1, -0.05) is 6.07 Å². The van der Waals surface area contributed by atoms with E-state index in [2.05, 4.69) is 0 Å². The molecule has 2 N–H and O–H groups in total. The molecule has 0 bridgehead atoms. The molecule has 0 aromatic heterocycles. The first-order valence-corrected chi connectivity index (χ1v) is 5.44. The Hall–Kier alpha value is -1.62. The van der Waals surface area contributed by atoms with Gasteiger partial charge in [-0.3, -0.25) is 0 Å². The first kappa shape index (κ1) is 11.9. The number of halogens is 1. The van der Waals surface area contributed by atoms with Gasteiger partial charge in [-0.15, -0.1) is 0 Å². The Bertz CT molecular complexity index is 433. The van der Waals surface area contributed by atoms with E-state index in [4.69, 9.17) is 9.84 Å². The third kappa shape index (κ3) is 2.55. The van der Waals surface area contributed by atoms with Crippen molar-refractivity contribution in [1.82, 2.24) is 0 Å². The minimum absolute atomic E-state index is 0.0246. The molecule has 1 aliphatic rings. The molecule has 2 unspecified atom stereocenters. The molecule has 0 amide bonds. The second-order valence-corrected chi connectivity index (χ2v) is 4.12. The molecule has 0 saturated heterocycles. The van der Waals surface area contributed by atoms with Crippen molar-refractivity contribution in [2.24, 2.45) is 0 Å².